The fraction of sp³-hybridized carbons (Fsp3) is 0.167. The van der Waals surface area contributed by atoms with Gasteiger partial charge in [-0.05, 0) is 56.9 Å². The van der Waals surface area contributed by atoms with Crippen molar-refractivity contribution in [2.45, 2.75) is 10.7 Å². The normalized spacial score (nSPS) is 11.1. The minimum atomic E-state index is 0.806. The van der Waals surface area contributed by atoms with Gasteiger partial charge in [0.05, 0.1) is 14.2 Å². The summed E-state index contributed by atoms with van der Waals surface area (Å²) < 4.78 is 11.6. The maximum Gasteiger partial charge on any atom is 0.127 e. The number of alkyl halides is 2. The average molecular weight is 500 g/mol. The van der Waals surface area contributed by atoms with Crippen molar-refractivity contribution < 1.29 is 9.47 Å². The molecule has 0 amide bonds. The minimum absolute atomic E-state index is 0.806. The summed E-state index contributed by atoms with van der Waals surface area (Å²) in [5.41, 5.74) is 4.58. The van der Waals surface area contributed by atoms with E-state index >= 15 is 0 Å². The van der Waals surface area contributed by atoms with E-state index in [4.69, 9.17) is 9.47 Å². The molecule has 4 rings (SSSR count). The van der Waals surface area contributed by atoms with Crippen molar-refractivity contribution in [2.75, 3.05) is 14.2 Å². The Balaban J connectivity index is 2.19. The molecule has 0 aliphatic carbocycles. The number of fused-ring (bicyclic) bond motifs is 2. The van der Waals surface area contributed by atoms with E-state index in [-0.39, 0.29) is 0 Å². The third-order valence-corrected chi connectivity index (χ3v) is 6.39. The highest BCUT2D eigenvalue weighted by Gasteiger charge is 2.19. The third-order valence-electron chi connectivity index (χ3n) is 5.09. The Morgan fingerprint density at radius 2 is 1.00 bits per heavy atom. The van der Waals surface area contributed by atoms with Gasteiger partial charge in [-0.25, -0.2) is 0 Å². The highest BCUT2D eigenvalue weighted by Crippen LogP contribution is 2.45. The van der Waals surface area contributed by atoms with Crippen LogP contribution in [0.15, 0.2) is 60.7 Å². The fourth-order valence-corrected chi connectivity index (χ4v) is 4.41. The predicted molar refractivity (Wildman–Crippen MR) is 125 cm³/mol. The Morgan fingerprint density at radius 3 is 1.36 bits per heavy atom. The molecule has 0 radical (unpaired) electrons. The van der Waals surface area contributed by atoms with Gasteiger partial charge in [0.15, 0.2) is 0 Å². The lowest BCUT2D eigenvalue weighted by Gasteiger charge is -2.18. The minimum Gasteiger partial charge on any atom is -0.496 e. The molecule has 0 N–H and O–H groups in total. The van der Waals surface area contributed by atoms with Gasteiger partial charge in [-0.1, -0.05) is 68.3 Å². The van der Waals surface area contributed by atoms with Gasteiger partial charge < -0.3 is 9.47 Å². The molecule has 0 fully saturated rings. The highest BCUT2D eigenvalue weighted by atomic mass is 79.9. The lowest BCUT2D eigenvalue weighted by atomic mass is 9.91. The third kappa shape index (κ3) is 3.29. The molecule has 0 unspecified atom stereocenters. The zero-order valence-corrected chi connectivity index (χ0v) is 18.9. The largest absolute Gasteiger partial charge is 0.496 e. The molecule has 142 valence electrons. The van der Waals surface area contributed by atoms with Gasteiger partial charge >= 0.3 is 0 Å². The first kappa shape index (κ1) is 19.3. The van der Waals surface area contributed by atoms with E-state index in [1.54, 1.807) is 14.2 Å². The fourth-order valence-electron chi connectivity index (χ4n) is 3.72. The monoisotopic (exact) mass is 498 g/mol. The van der Waals surface area contributed by atoms with Crippen molar-refractivity contribution in [1.82, 2.24) is 0 Å². The molecule has 0 heterocycles. The van der Waals surface area contributed by atoms with Gasteiger partial charge in [0.1, 0.15) is 11.5 Å². The smallest absolute Gasteiger partial charge is 0.127 e. The summed E-state index contributed by atoms with van der Waals surface area (Å²) >= 11 is 7.17. The standard InChI is InChI=1S/C24H20Br2O2/c1-27-21-9-7-17-5-3-15(13-25)11-19(17)23(21)24-20-12-16(14-26)4-6-18(20)8-10-22(24)28-2/h3-12H,13-14H2,1-2H3. The topological polar surface area (TPSA) is 18.5 Å². The Morgan fingerprint density at radius 1 is 0.607 bits per heavy atom. The molecule has 0 aliphatic rings. The van der Waals surface area contributed by atoms with Gasteiger partial charge in [0.2, 0.25) is 0 Å². The van der Waals surface area contributed by atoms with Crippen molar-refractivity contribution in [2.24, 2.45) is 0 Å². The van der Waals surface area contributed by atoms with Crippen LogP contribution < -0.4 is 9.47 Å². The van der Waals surface area contributed by atoms with Crippen molar-refractivity contribution >= 4 is 53.4 Å². The van der Waals surface area contributed by atoms with Crippen molar-refractivity contribution in [3.8, 4) is 22.6 Å². The van der Waals surface area contributed by atoms with Crippen LogP contribution in [0.3, 0.4) is 0 Å². The molecule has 0 saturated heterocycles. The summed E-state index contributed by atoms with van der Waals surface area (Å²) in [6.45, 7) is 0. The van der Waals surface area contributed by atoms with Gasteiger partial charge in [-0.2, -0.15) is 0 Å². The molecule has 0 aliphatic heterocycles. The van der Waals surface area contributed by atoms with E-state index in [2.05, 4.69) is 80.4 Å². The van der Waals surface area contributed by atoms with Crippen LogP contribution in [0.25, 0.3) is 32.7 Å². The molecule has 28 heavy (non-hydrogen) atoms. The van der Waals surface area contributed by atoms with Crippen molar-refractivity contribution in [3.05, 3.63) is 71.8 Å². The highest BCUT2D eigenvalue weighted by molar-refractivity contribution is 9.08. The first-order valence-electron chi connectivity index (χ1n) is 9.01. The number of benzene rings is 4. The number of hydrogen-bond donors (Lipinski definition) is 0. The van der Waals surface area contributed by atoms with Crippen LogP contribution in [0.2, 0.25) is 0 Å². The maximum absolute atomic E-state index is 5.81. The number of ether oxygens (including phenoxy) is 2. The predicted octanol–water partition coefficient (Wildman–Crippen LogP) is 7.47. The van der Waals surface area contributed by atoms with Crippen LogP contribution in [-0.2, 0) is 10.7 Å². The van der Waals surface area contributed by atoms with Crippen LogP contribution >= 0.6 is 31.9 Å². The van der Waals surface area contributed by atoms with Gasteiger partial charge in [-0.3, -0.25) is 0 Å². The molecule has 2 nitrogen and oxygen atoms in total. The molecular formula is C24H20Br2O2. The second-order valence-corrected chi connectivity index (χ2v) is 7.79. The molecular weight excluding hydrogens is 480 g/mol. The average Bonchev–Trinajstić information content (AvgIpc) is 2.76. The molecule has 0 saturated carbocycles. The molecule has 0 aromatic heterocycles. The van der Waals surface area contributed by atoms with Gasteiger partial charge in [0, 0.05) is 21.8 Å². The lowest BCUT2D eigenvalue weighted by molar-refractivity contribution is 0.411. The van der Waals surface area contributed by atoms with Crippen LogP contribution in [-0.4, -0.2) is 14.2 Å². The second kappa shape index (κ2) is 8.14. The summed E-state index contributed by atoms with van der Waals surface area (Å²) in [4.78, 5) is 0. The second-order valence-electron chi connectivity index (χ2n) is 6.66. The Bertz CT molecular complexity index is 1060. The van der Waals surface area contributed by atoms with E-state index in [9.17, 15) is 0 Å². The molecule has 0 spiro atoms. The molecule has 4 aromatic carbocycles. The number of halogens is 2. The molecule has 4 aromatic rings. The zero-order valence-electron chi connectivity index (χ0n) is 15.8. The summed E-state index contributed by atoms with van der Waals surface area (Å²) in [5.74, 6) is 1.68. The van der Waals surface area contributed by atoms with E-state index in [1.807, 2.05) is 12.1 Å². The van der Waals surface area contributed by atoms with Gasteiger partial charge in [-0.15, -0.1) is 0 Å². The number of hydrogen-bond acceptors (Lipinski definition) is 2. The quantitative estimate of drug-likeness (QED) is 0.265. The SMILES string of the molecule is COc1ccc2ccc(CBr)cc2c1-c1c(OC)ccc2ccc(CBr)cc12. The van der Waals surface area contributed by atoms with Crippen molar-refractivity contribution in [3.63, 3.8) is 0 Å². The Kier molecular flexibility index (Phi) is 5.61. The maximum atomic E-state index is 5.81. The Labute approximate surface area is 181 Å². The Hall–Kier alpha value is -2.04. The number of methoxy groups -OCH3 is 2. The molecule has 0 atom stereocenters. The van der Waals surface area contributed by atoms with Crippen LogP contribution in [0.5, 0.6) is 11.5 Å². The molecule has 0 bridgehead atoms. The first-order chi connectivity index (χ1) is 13.7. The summed E-state index contributed by atoms with van der Waals surface area (Å²) in [6, 6.07) is 21.4. The first-order valence-corrected chi connectivity index (χ1v) is 11.3. The zero-order chi connectivity index (χ0) is 19.7. The lowest BCUT2D eigenvalue weighted by Crippen LogP contribution is -1.95. The number of rotatable bonds is 5. The van der Waals surface area contributed by atoms with Gasteiger partial charge in [0.25, 0.3) is 0 Å². The van der Waals surface area contributed by atoms with Crippen LogP contribution in [0.4, 0.5) is 0 Å². The van der Waals surface area contributed by atoms with E-state index in [0.717, 1.165) is 44.1 Å². The van der Waals surface area contributed by atoms with E-state index in [0.29, 0.717) is 0 Å². The summed E-state index contributed by atoms with van der Waals surface area (Å²) in [6.07, 6.45) is 0. The summed E-state index contributed by atoms with van der Waals surface area (Å²) in [7, 11) is 3.45. The van der Waals surface area contributed by atoms with E-state index in [1.165, 1.54) is 21.9 Å². The van der Waals surface area contributed by atoms with Crippen molar-refractivity contribution in [1.29, 1.82) is 0 Å². The summed E-state index contributed by atoms with van der Waals surface area (Å²) in [5, 5.41) is 6.28. The van der Waals surface area contributed by atoms with Crippen LogP contribution in [0.1, 0.15) is 11.1 Å². The molecule has 4 heteroatoms. The van der Waals surface area contributed by atoms with E-state index < -0.39 is 0 Å². The van der Waals surface area contributed by atoms with Crippen LogP contribution in [0, 0.1) is 0 Å².